The zero-order chi connectivity index (χ0) is 20.4. The molecule has 2 aliphatic rings. The van der Waals surface area contributed by atoms with Crippen LogP contribution >= 0.6 is 11.3 Å². The lowest BCUT2D eigenvalue weighted by Crippen LogP contribution is -2.33. The van der Waals surface area contributed by atoms with Crippen LogP contribution in [0.25, 0.3) is 5.57 Å². The topological polar surface area (TPSA) is 52.7 Å². The van der Waals surface area contributed by atoms with Gasteiger partial charge in [0, 0.05) is 35.9 Å². The summed E-state index contributed by atoms with van der Waals surface area (Å²) in [5, 5.41) is 5.17. The van der Waals surface area contributed by atoms with E-state index < -0.39 is 0 Å². The average molecular weight is 410 g/mol. The molecule has 2 amide bonds. The first-order valence-corrected chi connectivity index (χ1v) is 11.2. The van der Waals surface area contributed by atoms with Gasteiger partial charge in [0.15, 0.2) is 0 Å². The molecule has 1 aromatic heterocycles. The Hall–Kier alpha value is -2.60. The van der Waals surface area contributed by atoms with Crippen molar-refractivity contribution in [3.63, 3.8) is 0 Å². The van der Waals surface area contributed by atoms with Gasteiger partial charge in [-0.15, -0.1) is 11.3 Å². The van der Waals surface area contributed by atoms with E-state index in [0.717, 1.165) is 36.0 Å². The molecule has 2 aliphatic heterocycles. The molecule has 152 valence electrons. The van der Waals surface area contributed by atoms with E-state index in [1.807, 2.05) is 36.6 Å². The molecule has 0 aliphatic carbocycles. The minimum absolute atomic E-state index is 0.208. The van der Waals surface area contributed by atoms with Crippen LogP contribution < -0.4 is 10.2 Å². The maximum Gasteiger partial charge on any atom is 0.278 e. The number of hydrogen-bond acceptors (Lipinski definition) is 5. The summed E-state index contributed by atoms with van der Waals surface area (Å²) in [6.45, 7) is 6.88. The van der Waals surface area contributed by atoms with Crippen LogP contribution in [0.4, 0.5) is 11.4 Å². The summed E-state index contributed by atoms with van der Waals surface area (Å²) in [4.78, 5) is 30.4. The number of hydrogen-bond donors (Lipinski definition) is 1. The first kappa shape index (κ1) is 19.7. The summed E-state index contributed by atoms with van der Waals surface area (Å²) in [5.74, 6) is 0.349. The van der Waals surface area contributed by atoms with Crippen molar-refractivity contribution >= 4 is 40.1 Å². The number of nitrogens with zero attached hydrogens (tertiary/aromatic N) is 2. The van der Waals surface area contributed by atoms with Crippen LogP contribution in [0.15, 0.2) is 47.5 Å². The summed E-state index contributed by atoms with van der Waals surface area (Å²) in [6, 6.07) is 12.0. The Kier molecular flexibility index (Phi) is 5.72. The molecule has 2 aromatic rings. The third kappa shape index (κ3) is 3.94. The molecule has 5 nitrogen and oxygen atoms in total. The maximum atomic E-state index is 12.9. The Balaban J connectivity index is 1.57. The van der Waals surface area contributed by atoms with Crippen molar-refractivity contribution < 1.29 is 9.59 Å². The van der Waals surface area contributed by atoms with E-state index in [9.17, 15) is 9.59 Å². The number of nitrogens with one attached hydrogen (secondary N) is 1. The van der Waals surface area contributed by atoms with Crippen LogP contribution in [-0.4, -0.2) is 36.3 Å². The van der Waals surface area contributed by atoms with Crippen molar-refractivity contribution in [2.24, 2.45) is 5.92 Å². The molecule has 0 unspecified atom stereocenters. The highest BCUT2D eigenvalue weighted by Crippen LogP contribution is 2.33. The lowest BCUT2D eigenvalue weighted by Gasteiger charge is -2.32. The number of anilines is 2. The Morgan fingerprint density at radius 3 is 2.41 bits per heavy atom. The van der Waals surface area contributed by atoms with E-state index in [4.69, 9.17) is 0 Å². The van der Waals surface area contributed by atoms with Crippen molar-refractivity contribution in [3.8, 4) is 0 Å². The van der Waals surface area contributed by atoms with Crippen LogP contribution in [0.1, 0.15) is 38.0 Å². The molecule has 0 spiro atoms. The Morgan fingerprint density at radius 1 is 1.07 bits per heavy atom. The molecule has 1 N–H and O–H groups in total. The normalized spacial score (nSPS) is 18.1. The van der Waals surface area contributed by atoms with Crippen molar-refractivity contribution in [2.45, 2.75) is 33.1 Å². The molecule has 0 bridgehead atoms. The van der Waals surface area contributed by atoms with Crippen molar-refractivity contribution in [1.82, 2.24) is 4.90 Å². The summed E-state index contributed by atoms with van der Waals surface area (Å²) in [7, 11) is 0. The summed E-state index contributed by atoms with van der Waals surface area (Å²) < 4.78 is 0. The monoisotopic (exact) mass is 409 g/mol. The third-order valence-electron chi connectivity index (χ3n) is 5.67. The molecule has 1 aromatic carbocycles. The van der Waals surface area contributed by atoms with Gasteiger partial charge in [-0.25, -0.2) is 0 Å². The average Bonchev–Trinajstić information content (AvgIpc) is 3.33. The fourth-order valence-corrected chi connectivity index (χ4v) is 4.70. The highest BCUT2D eigenvalue weighted by atomic mass is 32.1. The van der Waals surface area contributed by atoms with Gasteiger partial charge in [0.1, 0.15) is 5.70 Å². The standard InChI is InChI=1S/C23H27N3O2S/c1-3-12-26-22(27)20(19-5-4-15-29-19)21(23(26)28)24-17-6-8-18(9-7-17)25-13-10-16(2)11-14-25/h4-9,15-16,24H,3,10-14H2,1-2H3. The number of carbonyl (C=O) groups is 2. The number of rotatable bonds is 6. The fraction of sp³-hybridized carbons (Fsp3) is 0.391. The largest absolute Gasteiger partial charge is 0.372 e. The molecular weight excluding hydrogens is 382 g/mol. The summed E-state index contributed by atoms with van der Waals surface area (Å²) >= 11 is 1.48. The molecule has 1 saturated heterocycles. The van der Waals surface area contributed by atoms with Gasteiger partial charge in [0.2, 0.25) is 0 Å². The molecule has 4 rings (SSSR count). The molecule has 1 fully saturated rings. The lowest BCUT2D eigenvalue weighted by atomic mass is 9.99. The maximum absolute atomic E-state index is 12.9. The van der Waals surface area contributed by atoms with Gasteiger partial charge in [0.05, 0.1) is 5.57 Å². The molecular formula is C23H27N3O2S. The molecule has 3 heterocycles. The number of benzene rings is 1. The number of carbonyl (C=O) groups excluding carboxylic acids is 2. The predicted molar refractivity (Wildman–Crippen MR) is 119 cm³/mol. The van der Waals surface area contributed by atoms with Gasteiger partial charge in [-0.1, -0.05) is 19.9 Å². The number of piperidine rings is 1. The van der Waals surface area contributed by atoms with Crippen molar-refractivity contribution in [3.05, 3.63) is 52.4 Å². The van der Waals surface area contributed by atoms with Gasteiger partial charge in [-0.05, 0) is 60.9 Å². The van der Waals surface area contributed by atoms with Gasteiger partial charge >= 0.3 is 0 Å². The molecule has 0 radical (unpaired) electrons. The van der Waals surface area contributed by atoms with E-state index in [0.29, 0.717) is 17.8 Å². The van der Waals surface area contributed by atoms with Crippen LogP contribution in [0.2, 0.25) is 0 Å². The molecule has 0 saturated carbocycles. The lowest BCUT2D eigenvalue weighted by molar-refractivity contribution is -0.136. The van der Waals surface area contributed by atoms with Gasteiger partial charge in [-0.2, -0.15) is 0 Å². The summed E-state index contributed by atoms with van der Waals surface area (Å²) in [5.41, 5.74) is 2.89. The minimum atomic E-state index is -0.241. The summed E-state index contributed by atoms with van der Waals surface area (Å²) in [6.07, 6.45) is 3.19. The second-order valence-corrected chi connectivity index (χ2v) is 8.78. The van der Waals surface area contributed by atoms with E-state index in [2.05, 4.69) is 29.3 Å². The minimum Gasteiger partial charge on any atom is -0.372 e. The van der Waals surface area contributed by atoms with E-state index in [1.54, 1.807) is 0 Å². The number of thiophene rings is 1. The van der Waals surface area contributed by atoms with E-state index in [1.165, 1.54) is 34.8 Å². The van der Waals surface area contributed by atoms with Gasteiger partial charge < -0.3 is 10.2 Å². The van der Waals surface area contributed by atoms with E-state index in [-0.39, 0.29) is 11.8 Å². The second kappa shape index (κ2) is 8.41. The Bertz CT molecular complexity index is 910. The quantitative estimate of drug-likeness (QED) is 0.709. The zero-order valence-corrected chi connectivity index (χ0v) is 17.8. The second-order valence-electron chi connectivity index (χ2n) is 7.83. The van der Waals surface area contributed by atoms with Crippen molar-refractivity contribution in [1.29, 1.82) is 0 Å². The first-order valence-electron chi connectivity index (χ1n) is 10.3. The first-order chi connectivity index (χ1) is 14.1. The number of amides is 2. The van der Waals surface area contributed by atoms with Gasteiger partial charge in [-0.3, -0.25) is 14.5 Å². The predicted octanol–water partition coefficient (Wildman–Crippen LogP) is 4.59. The zero-order valence-electron chi connectivity index (χ0n) is 17.0. The highest BCUT2D eigenvalue weighted by molar-refractivity contribution is 7.11. The van der Waals surface area contributed by atoms with E-state index >= 15 is 0 Å². The molecule has 6 heteroatoms. The highest BCUT2D eigenvalue weighted by Gasteiger charge is 2.39. The number of imide groups is 1. The van der Waals surface area contributed by atoms with Crippen molar-refractivity contribution in [2.75, 3.05) is 29.9 Å². The Labute approximate surface area is 176 Å². The van der Waals surface area contributed by atoms with Crippen LogP contribution in [-0.2, 0) is 9.59 Å². The van der Waals surface area contributed by atoms with Crippen LogP contribution in [0.3, 0.4) is 0 Å². The third-order valence-corrected chi connectivity index (χ3v) is 6.56. The van der Waals surface area contributed by atoms with Crippen LogP contribution in [0, 0.1) is 5.92 Å². The molecule has 0 atom stereocenters. The van der Waals surface area contributed by atoms with Crippen LogP contribution in [0.5, 0.6) is 0 Å². The Morgan fingerprint density at radius 2 is 1.79 bits per heavy atom. The van der Waals surface area contributed by atoms with Gasteiger partial charge in [0.25, 0.3) is 11.8 Å². The smallest absolute Gasteiger partial charge is 0.278 e. The SMILES string of the molecule is CCCN1C(=O)C(Nc2ccc(N3CCC(C)CC3)cc2)=C(c2cccs2)C1=O. The molecule has 29 heavy (non-hydrogen) atoms. The fourth-order valence-electron chi connectivity index (χ4n) is 3.93.